The molecule has 23 heavy (non-hydrogen) atoms. The third kappa shape index (κ3) is 4.10. The summed E-state index contributed by atoms with van der Waals surface area (Å²) < 4.78 is 5.49. The summed E-state index contributed by atoms with van der Waals surface area (Å²) in [6.07, 6.45) is 1.08. The Kier molecular flexibility index (Phi) is 5.65. The Bertz CT molecular complexity index is 603. The van der Waals surface area contributed by atoms with Gasteiger partial charge in [0.2, 0.25) is 0 Å². The standard InChI is InChI=1S/C18H25N3OS/c1-3-15-5-7-16(8-6-15)17-13-23-18(19-17)21-11-9-20(10-12-21)14-22-4-2/h5-8,13H,3-4,9-12,14H2,1-2H3. The summed E-state index contributed by atoms with van der Waals surface area (Å²) in [7, 11) is 0. The van der Waals surface area contributed by atoms with Crippen molar-refractivity contribution in [2.24, 2.45) is 0 Å². The molecule has 2 aromatic rings. The Hall–Kier alpha value is -1.43. The summed E-state index contributed by atoms with van der Waals surface area (Å²) in [6.45, 7) is 9.88. The van der Waals surface area contributed by atoms with Crippen molar-refractivity contribution in [1.29, 1.82) is 0 Å². The molecular formula is C18H25N3OS. The van der Waals surface area contributed by atoms with Gasteiger partial charge in [0, 0.05) is 43.7 Å². The first-order valence-corrected chi connectivity index (χ1v) is 9.28. The minimum atomic E-state index is 0.747. The van der Waals surface area contributed by atoms with Crippen LogP contribution in [0.5, 0.6) is 0 Å². The van der Waals surface area contributed by atoms with Crippen molar-refractivity contribution in [3.8, 4) is 11.3 Å². The molecule has 0 N–H and O–H groups in total. The number of rotatable bonds is 6. The molecule has 2 heterocycles. The Balaban J connectivity index is 1.61. The summed E-state index contributed by atoms with van der Waals surface area (Å²) in [5.41, 5.74) is 3.67. The summed E-state index contributed by atoms with van der Waals surface area (Å²) in [5.74, 6) is 0. The van der Waals surface area contributed by atoms with Gasteiger partial charge in [-0.1, -0.05) is 31.2 Å². The van der Waals surface area contributed by atoms with Crippen LogP contribution in [0.15, 0.2) is 29.6 Å². The lowest BCUT2D eigenvalue weighted by molar-refractivity contribution is 0.0326. The number of hydrogen-bond acceptors (Lipinski definition) is 5. The third-order valence-electron chi connectivity index (χ3n) is 4.27. The second kappa shape index (κ2) is 7.90. The molecule has 1 saturated heterocycles. The highest BCUT2D eigenvalue weighted by molar-refractivity contribution is 7.14. The summed E-state index contributed by atoms with van der Waals surface area (Å²) in [5, 5.41) is 3.30. The van der Waals surface area contributed by atoms with Gasteiger partial charge in [-0.25, -0.2) is 4.98 Å². The molecule has 0 spiro atoms. The van der Waals surface area contributed by atoms with Crippen LogP contribution < -0.4 is 4.90 Å². The molecule has 1 aliphatic rings. The van der Waals surface area contributed by atoms with Crippen LogP contribution >= 0.6 is 11.3 Å². The maximum absolute atomic E-state index is 5.49. The van der Waals surface area contributed by atoms with Gasteiger partial charge in [-0.05, 0) is 18.9 Å². The van der Waals surface area contributed by atoms with Gasteiger partial charge in [0.15, 0.2) is 5.13 Å². The Labute approximate surface area is 142 Å². The van der Waals surface area contributed by atoms with Crippen molar-refractivity contribution in [3.63, 3.8) is 0 Å². The largest absolute Gasteiger partial charge is 0.366 e. The second-order valence-electron chi connectivity index (χ2n) is 5.79. The Morgan fingerprint density at radius 2 is 1.83 bits per heavy atom. The van der Waals surface area contributed by atoms with Crippen LogP contribution in [0, 0.1) is 0 Å². The minimum Gasteiger partial charge on any atom is -0.366 e. The lowest BCUT2D eigenvalue weighted by Gasteiger charge is -2.34. The normalized spacial score (nSPS) is 16.0. The summed E-state index contributed by atoms with van der Waals surface area (Å²) >= 11 is 1.74. The molecule has 4 nitrogen and oxygen atoms in total. The van der Waals surface area contributed by atoms with Gasteiger partial charge in [0.1, 0.15) is 0 Å². The zero-order valence-corrected chi connectivity index (χ0v) is 14.8. The summed E-state index contributed by atoms with van der Waals surface area (Å²) in [4.78, 5) is 9.59. The number of aryl methyl sites for hydroxylation is 1. The van der Waals surface area contributed by atoms with Crippen molar-refractivity contribution in [1.82, 2.24) is 9.88 Å². The van der Waals surface area contributed by atoms with E-state index < -0.39 is 0 Å². The predicted octanol–water partition coefficient (Wildman–Crippen LogP) is 3.49. The number of piperazine rings is 1. The van der Waals surface area contributed by atoms with E-state index in [0.29, 0.717) is 0 Å². The lowest BCUT2D eigenvalue weighted by atomic mass is 10.1. The van der Waals surface area contributed by atoms with Crippen LogP contribution in [-0.4, -0.2) is 49.4 Å². The van der Waals surface area contributed by atoms with Crippen LogP contribution in [0.4, 0.5) is 5.13 Å². The third-order valence-corrected chi connectivity index (χ3v) is 5.17. The van der Waals surface area contributed by atoms with Crippen molar-refractivity contribution in [2.45, 2.75) is 20.3 Å². The molecule has 1 aromatic heterocycles. The fourth-order valence-corrected chi connectivity index (χ4v) is 3.63. The van der Waals surface area contributed by atoms with Crippen molar-refractivity contribution >= 4 is 16.5 Å². The highest BCUT2D eigenvalue weighted by atomic mass is 32.1. The van der Waals surface area contributed by atoms with Gasteiger partial charge in [0.25, 0.3) is 0 Å². The maximum Gasteiger partial charge on any atom is 0.185 e. The lowest BCUT2D eigenvalue weighted by Crippen LogP contribution is -2.47. The molecule has 0 radical (unpaired) electrons. The highest BCUT2D eigenvalue weighted by Gasteiger charge is 2.19. The molecular weight excluding hydrogens is 306 g/mol. The molecule has 0 saturated carbocycles. The van der Waals surface area contributed by atoms with Crippen LogP contribution in [0.3, 0.4) is 0 Å². The first kappa shape index (κ1) is 16.4. The number of benzene rings is 1. The van der Waals surface area contributed by atoms with E-state index in [0.717, 1.165) is 56.8 Å². The molecule has 1 aliphatic heterocycles. The van der Waals surface area contributed by atoms with Gasteiger partial charge >= 0.3 is 0 Å². The SMILES string of the molecule is CCOCN1CCN(c2nc(-c3ccc(CC)cc3)cs2)CC1. The topological polar surface area (TPSA) is 28.6 Å². The molecule has 0 unspecified atom stereocenters. The first-order chi connectivity index (χ1) is 11.3. The molecule has 5 heteroatoms. The molecule has 1 fully saturated rings. The molecule has 0 atom stereocenters. The zero-order valence-electron chi connectivity index (χ0n) is 14.0. The van der Waals surface area contributed by atoms with Crippen molar-refractivity contribution in [2.75, 3.05) is 44.4 Å². The number of nitrogens with zero attached hydrogens (tertiary/aromatic N) is 3. The predicted molar refractivity (Wildman–Crippen MR) is 97.2 cm³/mol. The second-order valence-corrected chi connectivity index (χ2v) is 6.63. The van der Waals surface area contributed by atoms with E-state index in [1.54, 1.807) is 11.3 Å². The first-order valence-electron chi connectivity index (χ1n) is 8.40. The van der Waals surface area contributed by atoms with E-state index in [1.807, 2.05) is 6.92 Å². The number of ether oxygens (including phenoxy) is 1. The monoisotopic (exact) mass is 331 g/mol. The quantitative estimate of drug-likeness (QED) is 0.810. The van der Waals surface area contributed by atoms with E-state index in [-0.39, 0.29) is 0 Å². The van der Waals surface area contributed by atoms with E-state index in [9.17, 15) is 0 Å². The minimum absolute atomic E-state index is 0.747. The van der Waals surface area contributed by atoms with E-state index >= 15 is 0 Å². The van der Waals surface area contributed by atoms with E-state index in [1.165, 1.54) is 11.1 Å². The van der Waals surface area contributed by atoms with Crippen LogP contribution in [0.2, 0.25) is 0 Å². The number of thiazole rings is 1. The van der Waals surface area contributed by atoms with Gasteiger partial charge in [-0.3, -0.25) is 4.90 Å². The molecule has 0 aliphatic carbocycles. The maximum atomic E-state index is 5.49. The van der Waals surface area contributed by atoms with Crippen molar-refractivity contribution < 1.29 is 4.74 Å². The Morgan fingerprint density at radius 3 is 2.48 bits per heavy atom. The smallest absolute Gasteiger partial charge is 0.185 e. The molecule has 0 amide bonds. The zero-order chi connectivity index (χ0) is 16.1. The number of hydrogen-bond donors (Lipinski definition) is 0. The van der Waals surface area contributed by atoms with Crippen molar-refractivity contribution in [3.05, 3.63) is 35.2 Å². The van der Waals surface area contributed by atoms with Gasteiger partial charge in [-0.2, -0.15) is 0 Å². The molecule has 1 aromatic carbocycles. The fraction of sp³-hybridized carbons (Fsp3) is 0.500. The highest BCUT2D eigenvalue weighted by Crippen LogP contribution is 2.28. The van der Waals surface area contributed by atoms with E-state index in [4.69, 9.17) is 9.72 Å². The van der Waals surface area contributed by atoms with Crippen LogP contribution in [-0.2, 0) is 11.2 Å². The van der Waals surface area contributed by atoms with Gasteiger partial charge in [-0.15, -0.1) is 11.3 Å². The van der Waals surface area contributed by atoms with Gasteiger partial charge in [0.05, 0.1) is 12.4 Å². The molecule has 3 rings (SSSR count). The molecule has 0 bridgehead atoms. The van der Waals surface area contributed by atoms with Crippen LogP contribution in [0.1, 0.15) is 19.4 Å². The average Bonchev–Trinajstić information content (AvgIpc) is 3.10. The summed E-state index contributed by atoms with van der Waals surface area (Å²) in [6, 6.07) is 8.75. The number of anilines is 1. The van der Waals surface area contributed by atoms with Gasteiger partial charge < -0.3 is 9.64 Å². The Morgan fingerprint density at radius 1 is 1.09 bits per heavy atom. The average molecular weight is 331 g/mol. The van der Waals surface area contributed by atoms with Crippen LogP contribution in [0.25, 0.3) is 11.3 Å². The fourth-order valence-electron chi connectivity index (χ4n) is 2.74. The molecule has 124 valence electrons. The number of aromatic nitrogens is 1. The van der Waals surface area contributed by atoms with E-state index in [2.05, 4.69) is 46.4 Å².